The molecular formula is C31H40NOSi+. The summed E-state index contributed by atoms with van der Waals surface area (Å²) in [4.78, 5) is 13.0. The lowest BCUT2D eigenvalue weighted by Crippen LogP contribution is -2.57. The van der Waals surface area contributed by atoms with Gasteiger partial charge in [-0.15, -0.1) is 0 Å². The Kier molecular flexibility index (Phi) is 5.14. The molecule has 3 fully saturated rings. The maximum atomic E-state index is 13.0. The lowest BCUT2D eigenvalue weighted by molar-refractivity contribution is -0.965. The Bertz CT molecular complexity index is 1120. The van der Waals surface area contributed by atoms with E-state index in [0.717, 1.165) is 31.7 Å². The van der Waals surface area contributed by atoms with Gasteiger partial charge in [0.1, 0.15) is 6.54 Å². The number of nitrogens with zero attached hydrogens (tertiary/aromatic N) is 1. The maximum absolute atomic E-state index is 13.0. The second-order valence-electron chi connectivity index (χ2n) is 12.6. The highest BCUT2D eigenvalue weighted by molar-refractivity contribution is 6.91. The molecule has 3 heteroatoms. The minimum Gasteiger partial charge on any atom is -0.314 e. The summed E-state index contributed by atoms with van der Waals surface area (Å²) in [5.41, 5.74) is 3.85. The fourth-order valence-corrected chi connectivity index (χ4v) is 12.9. The van der Waals surface area contributed by atoms with Crippen LogP contribution >= 0.6 is 0 Å². The minimum atomic E-state index is -1.76. The molecule has 2 nitrogen and oxygen atoms in total. The number of carbonyl (C=O) groups is 1. The first-order valence-corrected chi connectivity index (χ1v) is 16.5. The van der Waals surface area contributed by atoms with E-state index in [1.54, 1.807) is 5.19 Å². The largest absolute Gasteiger partial charge is 0.314 e. The third kappa shape index (κ3) is 3.05. The fraction of sp³-hybridized carbons (Fsp3) is 0.516. The fourth-order valence-electron chi connectivity index (χ4n) is 9.16. The Morgan fingerprint density at radius 1 is 1.03 bits per heavy atom. The van der Waals surface area contributed by atoms with Gasteiger partial charge in [0.15, 0.2) is 5.78 Å². The molecular weight excluding hydrogens is 430 g/mol. The molecule has 0 spiro atoms. The summed E-state index contributed by atoms with van der Waals surface area (Å²) in [5.74, 6) is 1.74. The smallest absolute Gasteiger partial charge is 0.155 e. The van der Waals surface area contributed by atoms with Crippen LogP contribution in [0, 0.1) is 17.3 Å². The lowest BCUT2D eigenvalue weighted by Gasteiger charge is -2.47. The van der Waals surface area contributed by atoms with Gasteiger partial charge in [-0.3, -0.25) is 4.79 Å². The molecule has 2 heterocycles. The highest BCUT2D eigenvalue weighted by atomic mass is 28.3. The normalized spacial score (nSPS) is 38.9. The molecule has 4 aliphatic rings. The van der Waals surface area contributed by atoms with Crippen LogP contribution in [0.15, 0.2) is 72.3 Å². The Hall–Kier alpha value is -1.97. The zero-order valence-electron chi connectivity index (χ0n) is 21.3. The average molecular weight is 471 g/mol. The van der Waals surface area contributed by atoms with Crippen molar-refractivity contribution in [2.75, 3.05) is 6.54 Å². The SMILES string of the molecule is C[C@H]1[C@H]2C[C@@H]3[C@]4(C)C(=CC(=O)CC[C@@H]4C[N+]31Cc1ccccc1)C[C@@H]2[Si](C)(C)c1ccccc1. The molecule has 0 N–H and O–H groups in total. The molecule has 2 aliphatic carbocycles. The predicted molar refractivity (Wildman–Crippen MR) is 142 cm³/mol. The van der Waals surface area contributed by atoms with Gasteiger partial charge in [0.2, 0.25) is 0 Å². The summed E-state index contributed by atoms with van der Waals surface area (Å²) in [5, 5.41) is 1.58. The van der Waals surface area contributed by atoms with Gasteiger partial charge in [0.05, 0.1) is 26.7 Å². The van der Waals surface area contributed by atoms with Crippen molar-refractivity contribution >= 4 is 19.0 Å². The quantitative estimate of drug-likeness (QED) is 0.390. The van der Waals surface area contributed by atoms with E-state index >= 15 is 0 Å². The Balaban J connectivity index is 1.52. The number of ketones is 1. The summed E-state index contributed by atoms with van der Waals surface area (Å²) >= 11 is 0. The molecule has 1 saturated carbocycles. The van der Waals surface area contributed by atoms with Gasteiger partial charge in [-0.05, 0) is 38.3 Å². The summed E-state index contributed by atoms with van der Waals surface area (Å²) in [6.07, 6.45) is 6.44. The molecule has 178 valence electrons. The second-order valence-corrected chi connectivity index (χ2v) is 17.4. The lowest BCUT2D eigenvalue weighted by atomic mass is 9.68. The van der Waals surface area contributed by atoms with Crippen molar-refractivity contribution in [3.05, 3.63) is 77.9 Å². The van der Waals surface area contributed by atoms with E-state index < -0.39 is 8.07 Å². The van der Waals surface area contributed by atoms with E-state index in [9.17, 15) is 4.79 Å². The van der Waals surface area contributed by atoms with Crippen molar-refractivity contribution in [3.63, 3.8) is 0 Å². The number of fused-ring (bicyclic) bond motifs is 1. The van der Waals surface area contributed by atoms with E-state index in [1.165, 1.54) is 28.6 Å². The van der Waals surface area contributed by atoms with E-state index in [-0.39, 0.29) is 5.41 Å². The topological polar surface area (TPSA) is 17.1 Å². The highest BCUT2D eigenvalue weighted by Gasteiger charge is 2.71. The van der Waals surface area contributed by atoms with Crippen LogP contribution in [0.25, 0.3) is 0 Å². The van der Waals surface area contributed by atoms with Gasteiger partial charge in [-0.1, -0.05) is 84.5 Å². The van der Waals surface area contributed by atoms with E-state index in [1.807, 2.05) is 0 Å². The molecule has 0 radical (unpaired) electrons. The van der Waals surface area contributed by atoms with Gasteiger partial charge in [0, 0.05) is 35.7 Å². The molecule has 2 saturated heterocycles. The maximum Gasteiger partial charge on any atom is 0.155 e. The van der Waals surface area contributed by atoms with Crippen molar-refractivity contribution in [1.29, 1.82) is 0 Å². The minimum absolute atomic E-state index is 0.167. The third-order valence-corrected chi connectivity index (χ3v) is 15.4. The summed E-state index contributed by atoms with van der Waals surface area (Å²) in [6, 6.07) is 23.9. The summed E-state index contributed by atoms with van der Waals surface area (Å²) in [7, 11) is -1.76. The number of benzene rings is 2. The average Bonchev–Trinajstić information content (AvgIpc) is 3.14. The monoisotopic (exact) mass is 470 g/mol. The third-order valence-electron chi connectivity index (χ3n) is 11.1. The first-order valence-electron chi connectivity index (χ1n) is 13.5. The van der Waals surface area contributed by atoms with E-state index in [0.29, 0.717) is 29.3 Å². The van der Waals surface area contributed by atoms with Crippen molar-refractivity contribution in [2.45, 2.75) is 76.8 Å². The van der Waals surface area contributed by atoms with Crippen molar-refractivity contribution in [1.82, 2.24) is 0 Å². The van der Waals surface area contributed by atoms with Gasteiger partial charge in [-0.2, -0.15) is 0 Å². The molecule has 2 bridgehead atoms. The van der Waals surface area contributed by atoms with Gasteiger partial charge in [0.25, 0.3) is 0 Å². The predicted octanol–water partition coefficient (Wildman–Crippen LogP) is 6.10. The number of quaternary nitrogens is 1. The molecule has 0 aromatic heterocycles. The van der Waals surface area contributed by atoms with Crippen LogP contribution in [-0.4, -0.2) is 37.0 Å². The van der Waals surface area contributed by atoms with Crippen molar-refractivity contribution < 1.29 is 9.28 Å². The molecule has 1 unspecified atom stereocenters. The van der Waals surface area contributed by atoms with Crippen LogP contribution in [0.2, 0.25) is 18.6 Å². The molecule has 6 rings (SSSR count). The number of rotatable bonds is 4. The Morgan fingerprint density at radius 3 is 2.41 bits per heavy atom. The Labute approximate surface area is 206 Å². The van der Waals surface area contributed by atoms with Crippen molar-refractivity contribution in [2.24, 2.45) is 17.3 Å². The van der Waals surface area contributed by atoms with Gasteiger partial charge < -0.3 is 4.48 Å². The zero-order valence-corrected chi connectivity index (χ0v) is 22.3. The van der Waals surface area contributed by atoms with Gasteiger partial charge >= 0.3 is 0 Å². The number of hydrogen-bond donors (Lipinski definition) is 0. The second kappa shape index (κ2) is 7.76. The molecule has 2 aromatic rings. The summed E-state index contributed by atoms with van der Waals surface area (Å²) < 4.78 is 1.25. The number of allylic oxidation sites excluding steroid dienone is 1. The number of hydrogen-bond acceptors (Lipinski definition) is 1. The Morgan fingerprint density at radius 2 is 1.71 bits per heavy atom. The molecule has 7 atom stereocenters. The van der Waals surface area contributed by atoms with Crippen LogP contribution in [-0.2, 0) is 11.3 Å². The standard InChI is InChI=1S/C31H40NOSi/c1-22-28-19-30-31(2)24(21-32(22,30)20-23-11-7-5-8-12-23)15-16-26(33)17-25(31)18-29(28)34(3,4)27-13-9-6-10-14-27/h5-14,17,22,24,28-30H,15-16,18-21H2,1-4H3/q+1/t22-,24+,28+,29-,30+,31-,32?/m0/s1. The molecule has 2 aromatic carbocycles. The van der Waals surface area contributed by atoms with Crippen LogP contribution in [0.1, 0.15) is 45.1 Å². The van der Waals surface area contributed by atoms with Crippen LogP contribution in [0.3, 0.4) is 0 Å². The first-order chi connectivity index (χ1) is 16.3. The number of carbonyl (C=O) groups excluding carboxylic acids is 1. The van der Waals surface area contributed by atoms with Crippen LogP contribution in [0.4, 0.5) is 0 Å². The molecule has 2 aliphatic heterocycles. The van der Waals surface area contributed by atoms with Crippen LogP contribution in [0.5, 0.6) is 0 Å². The first kappa shape index (κ1) is 22.5. The van der Waals surface area contributed by atoms with Crippen LogP contribution < -0.4 is 5.19 Å². The highest BCUT2D eigenvalue weighted by Crippen LogP contribution is 2.67. The van der Waals surface area contributed by atoms with Gasteiger partial charge in [-0.25, -0.2) is 0 Å². The van der Waals surface area contributed by atoms with Crippen molar-refractivity contribution in [3.8, 4) is 0 Å². The van der Waals surface area contributed by atoms with E-state index in [4.69, 9.17) is 0 Å². The van der Waals surface area contributed by atoms with E-state index in [2.05, 4.69) is 93.7 Å². The molecule has 34 heavy (non-hydrogen) atoms. The zero-order chi connectivity index (χ0) is 23.7. The summed E-state index contributed by atoms with van der Waals surface area (Å²) in [6.45, 7) is 12.8. The molecule has 0 amide bonds.